The van der Waals surface area contributed by atoms with E-state index in [0.29, 0.717) is 17.9 Å². The lowest BCUT2D eigenvalue weighted by atomic mass is 10.1. The van der Waals surface area contributed by atoms with Gasteiger partial charge in [-0.2, -0.15) is 0 Å². The Kier molecular flexibility index (Phi) is 6.63. The molecule has 148 valence electrons. The van der Waals surface area contributed by atoms with Crippen LogP contribution >= 0.6 is 0 Å². The van der Waals surface area contributed by atoms with Crippen molar-refractivity contribution in [3.63, 3.8) is 0 Å². The Morgan fingerprint density at radius 3 is 2.71 bits per heavy atom. The summed E-state index contributed by atoms with van der Waals surface area (Å²) in [5, 5.41) is 2.94. The van der Waals surface area contributed by atoms with Gasteiger partial charge in [-0.3, -0.25) is 9.59 Å². The zero-order valence-electron chi connectivity index (χ0n) is 16.5. The normalized spacial score (nSPS) is 15.0. The number of Topliss-reactive ketones (excluding diaryl/α,β-unsaturated/α-hetero) is 1. The van der Waals surface area contributed by atoms with Crippen molar-refractivity contribution in [3.05, 3.63) is 53.7 Å². The van der Waals surface area contributed by atoms with E-state index in [0.717, 1.165) is 24.5 Å². The van der Waals surface area contributed by atoms with Gasteiger partial charge in [0.05, 0.1) is 0 Å². The summed E-state index contributed by atoms with van der Waals surface area (Å²) >= 11 is 0. The number of nitrogens with one attached hydrogen (secondary N) is 1. The second-order valence-corrected chi connectivity index (χ2v) is 7.10. The molecule has 1 fully saturated rings. The molecule has 1 aromatic heterocycles. The lowest BCUT2D eigenvalue weighted by Crippen LogP contribution is -2.37. The minimum absolute atomic E-state index is 0.0376. The van der Waals surface area contributed by atoms with Gasteiger partial charge in [0.15, 0.2) is 11.9 Å². The summed E-state index contributed by atoms with van der Waals surface area (Å²) in [6, 6.07) is 10.8. The molecule has 28 heavy (non-hydrogen) atoms. The third kappa shape index (κ3) is 5.09. The second kappa shape index (κ2) is 9.35. The Balaban J connectivity index is 1.59. The van der Waals surface area contributed by atoms with Crippen molar-refractivity contribution in [2.75, 3.05) is 18.0 Å². The molecular weight excluding hydrogens is 354 g/mol. The summed E-state index contributed by atoms with van der Waals surface area (Å²) in [4.78, 5) is 30.8. The number of carbonyl (C=O) groups is 2. The van der Waals surface area contributed by atoms with Crippen LogP contribution < -0.4 is 15.0 Å². The van der Waals surface area contributed by atoms with Gasteiger partial charge in [-0.25, -0.2) is 4.98 Å². The summed E-state index contributed by atoms with van der Waals surface area (Å²) in [7, 11) is 0. The molecule has 1 unspecified atom stereocenters. The topological polar surface area (TPSA) is 71.5 Å². The summed E-state index contributed by atoms with van der Waals surface area (Å²) in [6.07, 6.45) is 4.73. The molecule has 1 aliphatic rings. The molecule has 0 spiro atoms. The zero-order chi connectivity index (χ0) is 19.9. The SMILES string of the molecule is CC(=O)c1cccc(OC(C)C(=O)NCc2cccnc2N2CCCCC2)c1. The lowest BCUT2D eigenvalue weighted by Gasteiger charge is -2.29. The number of carbonyl (C=O) groups excluding carboxylic acids is 2. The minimum atomic E-state index is -0.669. The average Bonchev–Trinajstić information content (AvgIpc) is 2.73. The van der Waals surface area contributed by atoms with Crippen molar-refractivity contribution in [1.82, 2.24) is 10.3 Å². The molecule has 1 amide bonds. The Hall–Kier alpha value is -2.89. The molecule has 1 aromatic carbocycles. The maximum Gasteiger partial charge on any atom is 0.261 e. The number of pyridine rings is 1. The van der Waals surface area contributed by atoms with Gasteiger partial charge in [0, 0.05) is 37.0 Å². The second-order valence-electron chi connectivity index (χ2n) is 7.10. The van der Waals surface area contributed by atoms with Gasteiger partial charge >= 0.3 is 0 Å². The predicted octanol–water partition coefficient (Wildman–Crippen LogP) is 3.36. The number of ketones is 1. The summed E-state index contributed by atoms with van der Waals surface area (Å²) in [5.41, 5.74) is 1.56. The standard InChI is InChI=1S/C22H27N3O3/c1-16(26)18-8-6-10-20(14-18)28-17(2)22(27)24-15-19-9-7-11-23-21(19)25-12-4-3-5-13-25/h6-11,14,17H,3-5,12-13,15H2,1-2H3,(H,24,27). The summed E-state index contributed by atoms with van der Waals surface area (Å²) in [6.45, 7) is 5.61. The van der Waals surface area contributed by atoms with Crippen LogP contribution in [0, 0.1) is 0 Å². The number of anilines is 1. The first-order valence-corrected chi connectivity index (χ1v) is 9.79. The highest BCUT2D eigenvalue weighted by molar-refractivity contribution is 5.94. The van der Waals surface area contributed by atoms with Crippen LogP contribution in [0.5, 0.6) is 5.75 Å². The van der Waals surface area contributed by atoms with Gasteiger partial charge in [-0.1, -0.05) is 18.2 Å². The highest BCUT2D eigenvalue weighted by Gasteiger charge is 2.18. The molecule has 0 radical (unpaired) electrons. The van der Waals surface area contributed by atoms with Gasteiger partial charge in [-0.15, -0.1) is 0 Å². The van der Waals surface area contributed by atoms with E-state index in [9.17, 15) is 9.59 Å². The highest BCUT2D eigenvalue weighted by Crippen LogP contribution is 2.21. The molecule has 6 nitrogen and oxygen atoms in total. The fourth-order valence-electron chi connectivity index (χ4n) is 3.33. The van der Waals surface area contributed by atoms with Crippen molar-refractivity contribution in [1.29, 1.82) is 0 Å². The first-order valence-electron chi connectivity index (χ1n) is 9.79. The smallest absolute Gasteiger partial charge is 0.261 e. The Morgan fingerprint density at radius 2 is 1.96 bits per heavy atom. The van der Waals surface area contributed by atoms with Gasteiger partial charge in [0.25, 0.3) is 5.91 Å². The van der Waals surface area contributed by atoms with Crippen molar-refractivity contribution >= 4 is 17.5 Å². The van der Waals surface area contributed by atoms with Crippen LogP contribution in [0.1, 0.15) is 49.0 Å². The van der Waals surface area contributed by atoms with E-state index >= 15 is 0 Å². The number of hydrogen-bond donors (Lipinski definition) is 1. The molecule has 6 heteroatoms. The molecule has 2 heterocycles. The molecule has 1 aliphatic heterocycles. The molecular formula is C22H27N3O3. The first kappa shape index (κ1) is 19.9. The van der Waals surface area contributed by atoms with Crippen LogP contribution in [0.15, 0.2) is 42.6 Å². The predicted molar refractivity (Wildman–Crippen MR) is 109 cm³/mol. The van der Waals surface area contributed by atoms with E-state index < -0.39 is 6.10 Å². The van der Waals surface area contributed by atoms with E-state index in [2.05, 4.69) is 15.2 Å². The molecule has 2 aromatic rings. The molecule has 3 rings (SSSR count). The molecule has 0 aliphatic carbocycles. The number of piperidine rings is 1. The van der Waals surface area contributed by atoms with Crippen LogP contribution in [0.4, 0.5) is 5.82 Å². The quantitative estimate of drug-likeness (QED) is 0.745. The highest BCUT2D eigenvalue weighted by atomic mass is 16.5. The largest absolute Gasteiger partial charge is 0.481 e. The van der Waals surface area contributed by atoms with Crippen molar-refractivity contribution in [2.24, 2.45) is 0 Å². The van der Waals surface area contributed by atoms with Crippen molar-refractivity contribution in [2.45, 2.75) is 45.8 Å². The van der Waals surface area contributed by atoms with Crippen LogP contribution in [0.2, 0.25) is 0 Å². The van der Waals surface area contributed by atoms with E-state index in [1.54, 1.807) is 37.4 Å². The first-order chi connectivity index (χ1) is 13.5. The van der Waals surface area contributed by atoms with E-state index in [1.807, 2.05) is 12.1 Å². The monoisotopic (exact) mass is 381 g/mol. The molecule has 0 bridgehead atoms. The summed E-state index contributed by atoms with van der Waals surface area (Å²) < 4.78 is 5.71. The summed E-state index contributed by atoms with van der Waals surface area (Å²) in [5.74, 6) is 1.21. The number of amides is 1. The number of nitrogens with zero attached hydrogens (tertiary/aromatic N) is 2. The third-order valence-electron chi connectivity index (χ3n) is 4.90. The van der Waals surface area contributed by atoms with Crippen LogP contribution in [0.3, 0.4) is 0 Å². The van der Waals surface area contributed by atoms with Gasteiger partial charge < -0.3 is 15.0 Å². The number of aromatic nitrogens is 1. The van der Waals surface area contributed by atoms with Crippen LogP contribution in [-0.2, 0) is 11.3 Å². The zero-order valence-corrected chi connectivity index (χ0v) is 16.5. The lowest BCUT2D eigenvalue weighted by molar-refractivity contribution is -0.127. The molecule has 1 saturated heterocycles. The fourth-order valence-corrected chi connectivity index (χ4v) is 3.33. The third-order valence-corrected chi connectivity index (χ3v) is 4.90. The Bertz CT molecular complexity index is 831. The van der Waals surface area contributed by atoms with Crippen molar-refractivity contribution in [3.8, 4) is 5.75 Å². The number of benzene rings is 1. The molecule has 0 saturated carbocycles. The molecule has 1 atom stereocenters. The number of ether oxygens (including phenoxy) is 1. The van der Waals surface area contributed by atoms with Gasteiger partial charge in [0.2, 0.25) is 0 Å². The minimum Gasteiger partial charge on any atom is -0.481 e. The Labute approximate surface area is 165 Å². The molecule has 1 N–H and O–H groups in total. The Morgan fingerprint density at radius 1 is 1.18 bits per heavy atom. The van der Waals surface area contributed by atoms with Crippen LogP contribution in [-0.4, -0.2) is 35.9 Å². The average molecular weight is 381 g/mol. The van der Waals surface area contributed by atoms with Gasteiger partial charge in [-0.05, 0) is 51.3 Å². The van der Waals surface area contributed by atoms with Gasteiger partial charge in [0.1, 0.15) is 11.6 Å². The number of rotatable bonds is 7. The van der Waals surface area contributed by atoms with E-state index in [1.165, 1.54) is 26.2 Å². The van der Waals surface area contributed by atoms with Crippen molar-refractivity contribution < 1.29 is 14.3 Å². The van der Waals surface area contributed by atoms with Crippen LogP contribution in [0.25, 0.3) is 0 Å². The van der Waals surface area contributed by atoms with E-state index in [-0.39, 0.29) is 11.7 Å². The maximum atomic E-state index is 12.5. The fraction of sp³-hybridized carbons (Fsp3) is 0.409. The van der Waals surface area contributed by atoms with E-state index in [4.69, 9.17) is 4.74 Å². The maximum absolute atomic E-state index is 12.5. The number of hydrogen-bond acceptors (Lipinski definition) is 5.